The van der Waals surface area contributed by atoms with Crippen molar-refractivity contribution in [3.05, 3.63) is 29.8 Å². The summed E-state index contributed by atoms with van der Waals surface area (Å²) in [5, 5.41) is 0. The van der Waals surface area contributed by atoms with Crippen molar-refractivity contribution in [2.75, 3.05) is 7.11 Å². The zero-order chi connectivity index (χ0) is 13.5. The zero-order valence-corrected chi connectivity index (χ0v) is 11.2. The highest BCUT2D eigenvalue weighted by molar-refractivity contribution is 5.75. The van der Waals surface area contributed by atoms with Crippen LogP contribution < -0.4 is 10.5 Å². The smallest absolute Gasteiger partial charge is 0.323 e. The molecule has 0 amide bonds. The number of benzene rings is 1. The summed E-state index contributed by atoms with van der Waals surface area (Å²) in [6.45, 7) is 4.19. The summed E-state index contributed by atoms with van der Waals surface area (Å²) in [6.07, 6.45) is 0.860. The molecule has 0 saturated heterocycles. The number of esters is 1. The molecule has 0 heterocycles. The first kappa shape index (κ1) is 14.5. The Balaban J connectivity index is 2.46. The predicted molar refractivity (Wildman–Crippen MR) is 70.2 cm³/mol. The summed E-state index contributed by atoms with van der Waals surface area (Å²) >= 11 is 0. The van der Waals surface area contributed by atoms with Gasteiger partial charge in [0, 0.05) is 0 Å². The number of rotatable bonds is 6. The molecule has 0 bridgehead atoms. The maximum Gasteiger partial charge on any atom is 0.323 e. The van der Waals surface area contributed by atoms with Gasteiger partial charge < -0.3 is 15.2 Å². The number of hydrogen-bond acceptors (Lipinski definition) is 4. The van der Waals surface area contributed by atoms with Crippen LogP contribution in [0.1, 0.15) is 25.8 Å². The fourth-order valence-electron chi connectivity index (χ4n) is 1.46. The molecule has 0 aliphatic rings. The molecule has 4 heteroatoms. The SMILES string of the molecule is CCC(C)[C@H](N)C(=O)OCc1ccc(OC)cc1. The van der Waals surface area contributed by atoms with E-state index in [9.17, 15) is 4.79 Å². The maximum absolute atomic E-state index is 11.7. The molecule has 1 unspecified atom stereocenters. The molecular weight excluding hydrogens is 230 g/mol. The second kappa shape index (κ2) is 7.01. The fourth-order valence-corrected chi connectivity index (χ4v) is 1.46. The zero-order valence-electron chi connectivity index (χ0n) is 11.2. The highest BCUT2D eigenvalue weighted by atomic mass is 16.5. The minimum atomic E-state index is -0.548. The van der Waals surface area contributed by atoms with Crippen LogP contribution in [0.3, 0.4) is 0 Å². The summed E-state index contributed by atoms with van der Waals surface area (Å²) in [5.74, 6) is 0.565. The van der Waals surface area contributed by atoms with Gasteiger partial charge in [0.1, 0.15) is 18.4 Å². The van der Waals surface area contributed by atoms with E-state index in [1.807, 2.05) is 38.1 Å². The molecule has 1 aromatic rings. The van der Waals surface area contributed by atoms with E-state index in [1.165, 1.54) is 0 Å². The van der Waals surface area contributed by atoms with Crippen LogP contribution in [0, 0.1) is 5.92 Å². The van der Waals surface area contributed by atoms with Crippen LogP contribution in [0.4, 0.5) is 0 Å². The molecule has 1 aromatic carbocycles. The Bertz CT molecular complexity index is 375. The summed E-state index contributed by atoms with van der Waals surface area (Å²) in [5.41, 5.74) is 6.70. The van der Waals surface area contributed by atoms with Crippen LogP contribution in [-0.2, 0) is 16.1 Å². The molecule has 100 valence electrons. The Kier molecular flexibility index (Phi) is 5.65. The van der Waals surface area contributed by atoms with Crippen molar-refractivity contribution in [3.8, 4) is 5.75 Å². The lowest BCUT2D eigenvalue weighted by atomic mass is 10.0. The standard InChI is InChI=1S/C14H21NO3/c1-4-10(2)13(15)14(16)18-9-11-5-7-12(17-3)8-6-11/h5-8,10,13H,4,9,15H2,1-3H3/t10?,13-/m0/s1. The van der Waals surface area contributed by atoms with E-state index in [2.05, 4.69) is 0 Å². The summed E-state index contributed by atoms with van der Waals surface area (Å²) < 4.78 is 10.2. The first-order chi connectivity index (χ1) is 8.58. The molecule has 0 radical (unpaired) electrons. The Morgan fingerprint density at radius 1 is 1.33 bits per heavy atom. The van der Waals surface area contributed by atoms with E-state index in [0.29, 0.717) is 0 Å². The lowest BCUT2D eigenvalue weighted by molar-refractivity contribution is -0.147. The molecule has 0 aromatic heterocycles. The number of carbonyl (C=O) groups excluding carboxylic acids is 1. The van der Waals surface area contributed by atoms with Crippen molar-refractivity contribution in [2.45, 2.75) is 32.9 Å². The second-order valence-corrected chi connectivity index (χ2v) is 4.37. The number of hydrogen-bond donors (Lipinski definition) is 1. The molecule has 4 nitrogen and oxygen atoms in total. The largest absolute Gasteiger partial charge is 0.497 e. The Morgan fingerprint density at radius 2 is 1.94 bits per heavy atom. The van der Waals surface area contributed by atoms with Crippen molar-refractivity contribution in [1.82, 2.24) is 0 Å². The maximum atomic E-state index is 11.7. The van der Waals surface area contributed by atoms with E-state index in [4.69, 9.17) is 15.2 Å². The second-order valence-electron chi connectivity index (χ2n) is 4.37. The van der Waals surface area contributed by atoms with E-state index in [-0.39, 0.29) is 18.5 Å². The van der Waals surface area contributed by atoms with Crippen LogP contribution in [-0.4, -0.2) is 19.1 Å². The quantitative estimate of drug-likeness (QED) is 0.787. The summed E-state index contributed by atoms with van der Waals surface area (Å²) in [4.78, 5) is 11.7. The number of carbonyl (C=O) groups is 1. The molecule has 0 aliphatic heterocycles. The summed E-state index contributed by atoms with van der Waals surface area (Å²) in [7, 11) is 1.61. The van der Waals surface area contributed by atoms with Crippen LogP contribution >= 0.6 is 0 Å². The van der Waals surface area contributed by atoms with E-state index in [1.54, 1.807) is 7.11 Å². The topological polar surface area (TPSA) is 61.6 Å². The molecular formula is C14H21NO3. The fraction of sp³-hybridized carbons (Fsp3) is 0.500. The van der Waals surface area contributed by atoms with Gasteiger partial charge in [0.25, 0.3) is 0 Å². The van der Waals surface area contributed by atoms with Gasteiger partial charge in [-0.05, 0) is 23.6 Å². The highest BCUT2D eigenvalue weighted by Gasteiger charge is 2.20. The van der Waals surface area contributed by atoms with Gasteiger partial charge in [-0.25, -0.2) is 0 Å². The van der Waals surface area contributed by atoms with Crippen molar-refractivity contribution >= 4 is 5.97 Å². The van der Waals surface area contributed by atoms with Gasteiger partial charge in [-0.15, -0.1) is 0 Å². The third-order valence-corrected chi connectivity index (χ3v) is 3.07. The third-order valence-electron chi connectivity index (χ3n) is 3.07. The minimum Gasteiger partial charge on any atom is -0.497 e. The first-order valence-electron chi connectivity index (χ1n) is 6.13. The summed E-state index contributed by atoms with van der Waals surface area (Å²) in [6, 6.07) is 6.84. The monoisotopic (exact) mass is 251 g/mol. The average molecular weight is 251 g/mol. The molecule has 18 heavy (non-hydrogen) atoms. The van der Waals surface area contributed by atoms with Gasteiger partial charge in [-0.3, -0.25) is 4.79 Å². The third kappa shape index (κ3) is 4.04. The molecule has 0 fully saturated rings. The van der Waals surface area contributed by atoms with Crippen LogP contribution in [0.5, 0.6) is 5.75 Å². The van der Waals surface area contributed by atoms with E-state index >= 15 is 0 Å². The van der Waals surface area contributed by atoms with Crippen LogP contribution in [0.25, 0.3) is 0 Å². The van der Waals surface area contributed by atoms with E-state index < -0.39 is 6.04 Å². The molecule has 0 saturated carbocycles. The molecule has 0 aliphatic carbocycles. The minimum absolute atomic E-state index is 0.133. The Morgan fingerprint density at radius 3 is 2.44 bits per heavy atom. The van der Waals surface area contributed by atoms with Crippen molar-refractivity contribution in [1.29, 1.82) is 0 Å². The average Bonchev–Trinajstić information content (AvgIpc) is 2.43. The Hall–Kier alpha value is -1.55. The van der Waals surface area contributed by atoms with Gasteiger partial charge in [-0.2, -0.15) is 0 Å². The normalized spacial score (nSPS) is 13.8. The number of nitrogens with two attached hydrogens (primary N) is 1. The van der Waals surface area contributed by atoms with Crippen LogP contribution in [0.15, 0.2) is 24.3 Å². The highest BCUT2D eigenvalue weighted by Crippen LogP contribution is 2.13. The molecule has 1 rings (SSSR count). The number of ether oxygens (including phenoxy) is 2. The first-order valence-corrected chi connectivity index (χ1v) is 6.13. The lowest BCUT2D eigenvalue weighted by Crippen LogP contribution is -2.37. The predicted octanol–water partition coefficient (Wildman–Crippen LogP) is 2.11. The van der Waals surface area contributed by atoms with Gasteiger partial charge >= 0.3 is 5.97 Å². The Labute approximate surface area is 108 Å². The molecule has 0 spiro atoms. The molecule has 2 N–H and O–H groups in total. The van der Waals surface area contributed by atoms with Gasteiger partial charge in [0.2, 0.25) is 0 Å². The van der Waals surface area contributed by atoms with E-state index in [0.717, 1.165) is 17.7 Å². The van der Waals surface area contributed by atoms with Gasteiger partial charge in [0.05, 0.1) is 7.11 Å². The van der Waals surface area contributed by atoms with Crippen LogP contribution in [0.2, 0.25) is 0 Å². The van der Waals surface area contributed by atoms with Crippen molar-refractivity contribution in [3.63, 3.8) is 0 Å². The van der Waals surface area contributed by atoms with Crippen molar-refractivity contribution < 1.29 is 14.3 Å². The van der Waals surface area contributed by atoms with Crippen molar-refractivity contribution in [2.24, 2.45) is 11.7 Å². The molecule has 2 atom stereocenters. The van der Waals surface area contributed by atoms with Gasteiger partial charge in [-0.1, -0.05) is 32.4 Å². The lowest BCUT2D eigenvalue weighted by Gasteiger charge is -2.16. The number of methoxy groups -OCH3 is 1. The van der Waals surface area contributed by atoms with Gasteiger partial charge in [0.15, 0.2) is 0 Å².